The molecule has 2 heterocycles. The van der Waals surface area contributed by atoms with Crippen LogP contribution in [0.5, 0.6) is 0 Å². The Hall–Kier alpha value is -3.16. The molecule has 3 aromatic rings. The third-order valence-electron chi connectivity index (χ3n) is 5.46. The molecule has 0 unspecified atom stereocenters. The molecule has 1 saturated heterocycles. The molecule has 0 radical (unpaired) electrons. The summed E-state index contributed by atoms with van der Waals surface area (Å²) in [5, 5.41) is 10.2. The predicted molar refractivity (Wildman–Crippen MR) is 120 cm³/mol. The lowest BCUT2D eigenvalue weighted by Gasteiger charge is -2.27. The molecule has 0 bridgehead atoms. The van der Waals surface area contributed by atoms with E-state index in [0.717, 1.165) is 50.5 Å². The van der Waals surface area contributed by atoms with E-state index in [1.807, 2.05) is 35.1 Å². The maximum Gasteiger partial charge on any atom is 0.315 e. The van der Waals surface area contributed by atoms with Crippen molar-refractivity contribution in [1.29, 1.82) is 0 Å². The molecule has 7 nitrogen and oxygen atoms in total. The minimum atomic E-state index is -0.144. The molecule has 7 heteroatoms. The predicted octanol–water partition coefficient (Wildman–Crippen LogP) is 2.75. The highest BCUT2D eigenvalue weighted by Gasteiger charge is 2.13. The van der Waals surface area contributed by atoms with Gasteiger partial charge >= 0.3 is 6.03 Å². The van der Waals surface area contributed by atoms with Gasteiger partial charge in [0.2, 0.25) is 0 Å². The Morgan fingerprint density at radius 1 is 0.968 bits per heavy atom. The van der Waals surface area contributed by atoms with Gasteiger partial charge < -0.3 is 15.4 Å². The standard InChI is InChI=1S/C24H29N5O2/c30-24(25-12-10-20-6-8-23(9-7-20)29-13-3-11-27-29)26-18-21-4-1-2-5-22(21)19-28-14-16-31-17-15-28/h1-9,11,13H,10,12,14-19H2,(H2,25,26,30). The molecular weight excluding hydrogens is 390 g/mol. The van der Waals surface area contributed by atoms with E-state index >= 15 is 0 Å². The normalized spacial score (nSPS) is 14.3. The number of benzene rings is 2. The van der Waals surface area contributed by atoms with Gasteiger partial charge in [-0.05, 0) is 41.3 Å². The van der Waals surface area contributed by atoms with Crippen molar-refractivity contribution in [2.24, 2.45) is 0 Å². The van der Waals surface area contributed by atoms with Crippen molar-refractivity contribution >= 4 is 6.03 Å². The monoisotopic (exact) mass is 419 g/mol. The van der Waals surface area contributed by atoms with Crippen LogP contribution in [-0.4, -0.2) is 53.6 Å². The van der Waals surface area contributed by atoms with Gasteiger partial charge in [0.1, 0.15) is 0 Å². The summed E-state index contributed by atoms with van der Waals surface area (Å²) in [6.07, 6.45) is 4.46. The summed E-state index contributed by atoms with van der Waals surface area (Å²) < 4.78 is 7.25. The largest absolute Gasteiger partial charge is 0.379 e. The lowest BCUT2D eigenvalue weighted by atomic mass is 10.1. The van der Waals surface area contributed by atoms with E-state index in [0.29, 0.717) is 13.1 Å². The van der Waals surface area contributed by atoms with Crippen LogP contribution in [0.15, 0.2) is 67.0 Å². The van der Waals surface area contributed by atoms with Gasteiger partial charge in [-0.25, -0.2) is 9.48 Å². The molecule has 1 aliphatic heterocycles. The van der Waals surface area contributed by atoms with E-state index in [1.54, 1.807) is 6.20 Å². The molecular formula is C24H29N5O2. The number of carbonyl (C=O) groups excluding carboxylic acids is 1. The lowest BCUT2D eigenvalue weighted by Crippen LogP contribution is -2.37. The molecule has 1 fully saturated rings. The number of aromatic nitrogens is 2. The maximum absolute atomic E-state index is 12.3. The van der Waals surface area contributed by atoms with E-state index in [2.05, 4.69) is 51.0 Å². The van der Waals surface area contributed by atoms with Crippen molar-refractivity contribution in [2.75, 3.05) is 32.8 Å². The van der Waals surface area contributed by atoms with E-state index in [9.17, 15) is 4.79 Å². The Labute approximate surface area is 183 Å². The summed E-state index contributed by atoms with van der Waals surface area (Å²) in [7, 11) is 0. The number of rotatable bonds is 8. The Bertz CT molecular complexity index is 950. The second kappa shape index (κ2) is 10.7. The number of hydrogen-bond acceptors (Lipinski definition) is 4. The number of nitrogens with zero attached hydrogens (tertiary/aromatic N) is 3. The lowest BCUT2D eigenvalue weighted by molar-refractivity contribution is 0.0341. The second-order valence-electron chi connectivity index (χ2n) is 7.63. The van der Waals surface area contributed by atoms with Gasteiger partial charge in [-0.1, -0.05) is 36.4 Å². The van der Waals surface area contributed by atoms with Crippen LogP contribution in [0.2, 0.25) is 0 Å². The first-order chi connectivity index (χ1) is 15.3. The molecule has 0 atom stereocenters. The molecule has 1 aliphatic rings. The van der Waals surface area contributed by atoms with Crippen molar-refractivity contribution in [1.82, 2.24) is 25.3 Å². The highest BCUT2D eigenvalue weighted by atomic mass is 16.5. The number of hydrogen-bond donors (Lipinski definition) is 2. The minimum absolute atomic E-state index is 0.144. The smallest absolute Gasteiger partial charge is 0.315 e. The van der Waals surface area contributed by atoms with Gasteiger partial charge in [0.05, 0.1) is 18.9 Å². The fraction of sp³-hybridized carbons (Fsp3) is 0.333. The van der Waals surface area contributed by atoms with Crippen molar-refractivity contribution in [2.45, 2.75) is 19.5 Å². The van der Waals surface area contributed by atoms with Crippen molar-refractivity contribution in [3.63, 3.8) is 0 Å². The van der Waals surface area contributed by atoms with Gasteiger partial charge in [0, 0.05) is 45.1 Å². The van der Waals surface area contributed by atoms with Gasteiger partial charge in [0.15, 0.2) is 0 Å². The summed E-state index contributed by atoms with van der Waals surface area (Å²) in [6.45, 7) is 5.46. The Kier molecular flexibility index (Phi) is 7.31. The molecule has 2 N–H and O–H groups in total. The Balaban J connectivity index is 1.21. The average Bonchev–Trinajstić information content (AvgIpc) is 3.35. The Morgan fingerprint density at radius 3 is 2.48 bits per heavy atom. The maximum atomic E-state index is 12.3. The zero-order valence-corrected chi connectivity index (χ0v) is 17.7. The van der Waals surface area contributed by atoms with Crippen LogP contribution in [0.25, 0.3) is 5.69 Å². The molecule has 4 rings (SSSR count). The zero-order chi connectivity index (χ0) is 21.3. The van der Waals surface area contributed by atoms with Crippen molar-refractivity contribution in [3.8, 4) is 5.69 Å². The summed E-state index contributed by atoms with van der Waals surface area (Å²) in [4.78, 5) is 14.6. The Morgan fingerprint density at radius 2 is 1.74 bits per heavy atom. The molecule has 31 heavy (non-hydrogen) atoms. The minimum Gasteiger partial charge on any atom is -0.379 e. The van der Waals surface area contributed by atoms with Crippen LogP contribution in [0.4, 0.5) is 4.79 Å². The number of urea groups is 1. The molecule has 2 aromatic carbocycles. The van der Waals surface area contributed by atoms with Crippen LogP contribution >= 0.6 is 0 Å². The molecule has 0 saturated carbocycles. The van der Waals surface area contributed by atoms with E-state index in [1.165, 1.54) is 11.1 Å². The fourth-order valence-electron chi connectivity index (χ4n) is 3.68. The van der Waals surface area contributed by atoms with E-state index in [-0.39, 0.29) is 6.03 Å². The highest BCUT2D eigenvalue weighted by molar-refractivity contribution is 5.73. The van der Waals surface area contributed by atoms with Crippen LogP contribution in [0, 0.1) is 0 Å². The van der Waals surface area contributed by atoms with Gasteiger partial charge in [0.25, 0.3) is 0 Å². The summed E-state index contributed by atoms with van der Waals surface area (Å²) in [5.74, 6) is 0. The van der Waals surface area contributed by atoms with Gasteiger partial charge in [-0.15, -0.1) is 0 Å². The molecule has 2 amide bonds. The van der Waals surface area contributed by atoms with Gasteiger partial charge in [-0.2, -0.15) is 5.10 Å². The average molecular weight is 420 g/mol. The number of amides is 2. The third-order valence-corrected chi connectivity index (χ3v) is 5.46. The van der Waals surface area contributed by atoms with Crippen LogP contribution in [-0.2, 0) is 24.2 Å². The highest BCUT2D eigenvalue weighted by Crippen LogP contribution is 2.13. The van der Waals surface area contributed by atoms with Crippen LogP contribution in [0.3, 0.4) is 0 Å². The van der Waals surface area contributed by atoms with Crippen LogP contribution < -0.4 is 10.6 Å². The number of carbonyl (C=O) groups is 1. The first-order valence-electron chi connectivity index (χ1n) is 10.8. The third kappa shape index (κ3) is 6.16. The molecule has 0 spiro atoms. The zero-order valence-electron chi connectivity index (χ0n) is 17.7. The number of ether oxygens (including phenoxy) is 1. The molecule has 0 aliphatic carbocycles. The number of morpholine rings is 1. The van der Waals surface area contributed by atoms with Crippen molar-refractivity contribution in [3.05, 3.63) is 83.7 Å². The van der Waals surface area contributed by atoms with Gasteiger partial charge in [-0.3, -0.25) is 4.90 Å². The number of nitrogens with one attached hydrogen (secondary N) is 2. The second-order valence-corrected chi connectivity index (χ2v) is 7.63. The first-order valence-corrected chi connectivity index (χ1v) is 10.8. The molecule has 1 aromatic heterocycles. The first kappa shape index (κ1) is 21.1. The molecule has 162 valence electrons. The fourth-order valence-corrected chi connectivity index (χ4v) is 3.68. The van der Waals surface area contributed by atoms with E-state index < -0.39 is 0 Å². The quantitative estimate of drug-likeness (QED) is 0.589. The summed E-state index contributed by atoms with van der Waals surface area (Å²) in [6, 6.07) is 18.3. The summed E-state index contributed by atoms with van der Waals surface area (Å²) in [5.41, 5.74) is 4.60. The topological polar surface area (TPSA) is 71.4 Å². The SMILES string of the molecule is O=C(NCCc1ccc(-n2cccn2)cc1)NCc1ccccc1CN1CCOCC1. The van der Waals surface area contributed by atoms with E-state index in [4.69, 9.17) is 4.74 Å². The van der Waals surface area contributed by atoms with Crippen LogP contribution in [0.1, 0.15) is 16.7 Å². The van der Waals surface area contributed by atoms with Crippen molar-refractivity contribution < 1.29 is 9.53 Å². The summed E-state index contributed by atoms with van der Waals surface area (Å²) >= 11 is 0.